The van der Waals surface area contributed by atoms with Crippen LogP contribution in [0, 0.1) is 0 Å². The highest BCUT2D eigenvalue weighted by Gasteiger charge is 2.38. The van der Waals surface area contributed by atoms with Gasteiger partial charge >= 0.3 is 24.3 Å². The van der Waals surface area contributed by atoms with E-state index < -0.39 is 41.8 Å². The van der Waals surface area contributed by atoms with E-state index in [1.165, 1.54) is 12.1 Å². The summed E-state index contributed by atoms with van der Waals surface area (Å²) in [6, 6.07) is 15.9. The number of nitrogens with one attached hydrogen (secondary N) is 3. The SMILES string of the molecule is O=C(O)C(F)(F)F.O=C(O)CC(NC(=O)CNC(=O)CCCCNc1ccccn1)c1ccc(-c2ccc(C(F)(F)F)cc2)cc1. The Balaban J connectivity index is 0.000000942. The van der Waals surface area contributed by atoms with E-state index in [9.17, 15) is 45.8 Å². The summed E-state index contributed by atoms with van der Waals surface area (Å²) in [6.07, 6.45) is -6.63. The molecule has 0 bridgehead atoms. The van der Waals surface area contributed by atoms with Gasteiger partial charge in [0.2, 0.25) is 11.8 Å². The summed E-state index contributed by atoms with van der Waals surface area (Å²) in [5, 5.41) is 24.7. The van der Waals surface area contributed by atoms with Crippen LogP contribution in [-0.2, 0) is 25.4 Å². The molecule has 1 heterocycles. The molecular weight excluding hydrogens is 626 g/mol. The zero-order valence-electron chi connectivity index (χ0n) is 24.0. The van der Waals surface area contributed by atoms with Gasteiger partial charge in [-0.05, 0) is 53.8 Å². The summed E-state index contributed by atoms with van der Waals surface area (Å²) in [7, 11) is 0. The van der Waals surface area contributed by atoms with Crippen molar-refractivity contribution in [1.29, 1.82) is 0 Å². The molecule has 0 saturated carbocycles. The van der Waals surface area contributed by atoms with Crippen LogP contribution in [0.4, 0.5) is 32.2 Å². The van der Waals surface area contributed by atoms with Crippen molar-refractivity contribution in [1.82, 2.24) is 15.6 Å². The fourth-order valence-electron chi connectivity index (χ4n) is 3.79. The summed E-state index contributed by atoms with van der Waals surface area (Å²) >= 11 is 0. The van der Waals surface area contributed by atoms with Crippen molar-refractivity contribution < 1.29 is 55.7 Å². The minimum Gasteiger partial charge on any atom is -0.481 e. The second-order valence-corrected chi connectivity index (χ2v) is 9.59. The van der Waals surface area contributed by atoms with Gasteiger partial charge in [0, 0.05) is 19.2 Å². The molecule has 0 aliphatic heterocycles. The van der Waals surface area contributed by atoms with Gasteiger partial charge in [0.1, 0.15) is 5.82 Å². The third kappa shape index (κ3) is 13.7. The lowest BCUT2D eigenvalue weighted by molar-refractivity contribution is -0.192. The number of anilines is 1. The van der Waals surface area contributed by atoms with E-state index in [-0.39, 0.29) is 25.3 Å². The van der Waals surface area contributed by atoms with Gasteiger partial charge in [-0.1, -0.05) is 42.5 Å². The molecule has 5 N–H and O–H groups in total. The van der Waals surface area contributed by atoms with Gasteiger partial charge in [-0.2, -0.15) is 26.3 Å². The lowest BCUT2D eigenvalue weighted by Crippen LogP contribution is -2.39. The predicted molar refractivity (Wildman–Crippen MR) is 153 cm³/mol. The number of alkyl halides is 6. The fraction of sp³-hybridized carbons (Fsp3) is 0.300. The molecule has 248 valence electrons. The monoisotopic (exact) mass is 656 g/mol. The molecule has 2 amide bonds. The molecule has 1 aromatic heterocycles. The molecule has 3 rings (SSSR count). The van der Waals surface area contributed by atoms with Crippen LogP contribution >= 0.6 is 0 Å². The summed E-state index contributed by atoms with van der Waals surface area (Å²) < 4.78 is 70.1. The first-order chi connectivity index (χ1) is 21.6. The highest BCUT2D eigenvalue weighted by atomic mass is 19.4. The second kappa shape index (κ2) is 17.4. The van der Waals surface area contributed by atoms with Crippen LogP contribution < -0.4 is 16.0 Å². The molecular formula is C30H30F6N4O6. The topological polar surface area (TPSA) is 158 Å². The number of carboxylic acid groups (broad SMARTS) is 2. The minimum absolute atomic E-state index is 0.237. The second-order valence-electron chi connectivity index (χ2n) is 9.59. The predicted octanol–water partition coefficient (Wildman–Crippen LogP) is 5.43. The Hall–Kier alpha value is -5.15. The smallest absolute Gasteiger partial charge is 0.481 e. The van der Waals surface area contributed by atoms with Crippen LogP contribution in [0.15, 0.2) is 72.9 Å². The molecule has 1 unspecified atom stereocenters. The summed E-state index contributed by atoms with van der Waals surface area (Å²) in [4.78, 5) is 48.9. The Kier molecular flexibility index (Phi) is 14.0. The molecule has 3 aromatic rings. The van der Waals surface area contributed by atoms with Crippen molar-refractivity contribution in [3.63, 3.8) is 0 Å². The Morgan fingerprint density at radius 3 is 1.87 bits per heavy atom. The number of carboxylic acids is 2. The van der Waals surface area contributed by atoms with Gasteiger partial charge in [-0.25, -0.2) is 9.78 Å². The molecule has 0 fully saturated rings. The number of amides is 2. The van der Waals surface area contributed by atoms with Gasteiger partial charge in [-0.15, -0.1) is 0 Å². The molecule has 0 radical (unpaired) electrons. The first-order valence-electron chi connectivity index (χ1n) is 13.6. The summed E-state index contributed by atoms with van der Waals surface area (Å²) in [5.74, 6) is -3.97. The number of nitrogens with zero attached hydrogens (tertiary/aromatic N) is 1. The Morgan fingerprint density at radius 2 is 1.37 bits per heavy atom. The number of carbonyl (C=O) groups is 4. The zero-order valence-corrected chi connectivity index (χ0v) is 24.0. The molecule has 46 heavy (non-hydrogen) atoms. The summed E-state index contributed by atoms with van der Waals surface area (Å²) in [5.41, 5.74) is 0.948. The molecule has 16 heteroatoms. The largest absolute Gasteiger partial charge is 0.490 e. The number of pyridine rings is 1. The van der Waals surface area contributed by atoms with Crippen LogP contribution in [0.25, 0.3) is 11.1 Å². The van der Waals surface area contributed by atoms with Crippen LogP contribution in [0.5, 0.6) is 0 Å². The number of rotatable bonds is 13. The molecule has 0 aliphatic carbocycles. The zero-order chi connectivity index (χ0) is 34.3. The Morgan fingerprint density at radius 1 is 0.783 bits per heavy atom. The summed E-state index contributed by atoms with van der Waals surface area (Å²) in [6.45, 7) is 0.351. The molecule has 0 saturated heterocycles. The van der Waals surface area contributed by atoms with E-state index in [0.717, 1.165) is 24.4 Å². The van der Waals surface area contributed by atoms with Gasteiger partial charge in [0.05, 0.1) is 24.6 Å². The van der Waals surface area contributed by atoms with Crippen molar-refractivity contribution in [2.24, 2.45) is 0 Å². The van der Waals surface area contributed by atoms with Crippen molar-refractivity contribution >= 4 is 29.6 Å². The van der Waals surface area contributed by atoms with Gasteiger partial charge in [-0.3, -0.25) is 14.4 Å². The van der Waals surface area contributed by atoms with Crippen molar-refractivity contribution in [2.45, 2.75) is 44.1 Å². The highest BCUT2D eigenvalue weighted by Crippen LogP contribution is 2.31. The fourth-order valence-corrected chi connectivity index (χ4v) is 3.79. The average molecular weight is 657 g/mol. The van der Waals surface area contributed by atoms with Crippen LogP contribution in [0.3, 0.4) is 0 Å². The Labute approximate surface area is 258 Å². The maximum absolute atomic E-state index is 12.8. The van der Waals surface area contributed by atoms with Crippen molar-refractivity contribution in [2.75, 3.05) is 18.4 Å². The van der Waals surface area contributed by atoms with Crippen molar-refractivity contribution in [3.8, 4) is 11.1 Å². The van der Waals surface area contributed by atoms with Crippen LogP contribution in [0.1, 0.15) is 42.9 Å². The van der Waals surface area contributed by atoms with Gasteiger partial charge in [0.15, 0.2) is 0 Å². The molecule has 0 spiro atoms. The maximum atomic E-state index is 12.8. The number of carbonyl (C=O) groups excluding carboxylic acids is 2. The quantitative estimate of drug-likeness (QED) is 0.120. The Bertz CT molecular complexity index is 1430. The number of hydrogen-bond donors (Lipinski definition) is 5. The van der Waals surface area contributed by atoms with E-state index in [1.54, 1.807) is 30.5 Å². The lowest BCUT2D eigenvalue weighted by Gasteiger charge is -2.18. The molecule has 1 atom stereocenters. The molecule has 0 aliphatic rings. The van der Waals surface area contributed by atoms with E-state index in [0.29, 0.717) is 29.7 Å². The van der Waals surface area contributed by atoms with Crippen LogP contribution in [0.2, 0.25) is 0 Å². The van der Waals surface area contributed by atoms with E-state index in [4.69, 9.17) is 9.90 Å². The number of hydrogen-bond acceptors (Lipinski definition) is 6. The third-order valence-corrected chi connectivity index (χ3v) is 6.06. The van der Waals surface area contributed by atoms with Gasteiger partial charge < -0.3 is 26.2 Å². The van der Waals surface area contributed by atoms with E-state index in [1.807, 2.05) is 18.2 Å². The van der Waals surface area contributed by atoms with Gasteiger partial charge in [0.25, 0.3) is 0 Å². The third-order valence-electron chi connectivity index (χ3n) is 6.06. The van der Waals surface area contributed by atoms with E-state index in [2.05, 4.69) is 20.9 Å². The first kappa shape index (κ1) is 37.0. The number of halogens is 6. The number of aliphatic carboxylic acids is 2. The molecule has 10 nitrogen and oxygen atoms in total. The minimum atomic E-state index is -5.08. The first-order valence-corrected chi connectivity index (χ1v) is 13.6. The maximum Gasteiger partial charge on any atom is 0.490 e. The number of aromatic nitrogens is 1. The van der Waals surface area contributed by atoms with Crippen molar-refractivity contribution in [3.05, 3.63) is 84.1 Å². The van der Waals surface area contributed by atoms with Crippen LogP contribution in [-0.4, -0.2) is 58.2 Å². The number of unbranched alkanes of at least 4 members (excludes halogenated alkanes) is 1. The standard InChI is InChI=1S/C28H29F3N4O4.C2HF3O2/c29-28(30,31)22-13-11-20(12-14-22)19-7-9-21(10-8-19)23(17-27(38)39)35-26(37)18-34-25(36)6-2-4-16-33-24-5-1-3-15-32-24;3-2(4,5)1(6)7/h1,3,5,7-15,23H,2,4,6,16-18H2,(H,32,33)(H,34,36)(H,35,37)(H,38,39);(H,6,7). The normalized spacial score (nSPS) is 11.8. The van der Waals surface area contributed by atoms with E-state index >= 15 is 0 Å². The highest BCUT2D eigenvalue weighted by molar-refractivity contribution is 5.85. The molecule has 2 aromatic carbocycles. The lowest BCUT2D eigenvalue weighted by atomic mass is 9.98. The number of benzene rings is 2. The average Bonchev–Trinajstić information content (AvgIpc) is 2.99.